The summed E-state index contributed by atoms with van der Waals surface area (Å²) in [7, 11) is 0. The zero-order valence-corrected chi connectivity index (χ0v) is 16.9. The fourth-order valence-corrected chi connectivity index (χ4v) is 3.94. The van der Waals surface area contributed by atoms with Crippen LogP contribution >= 0.6 is 12.6 Å². The average Bonchev–Trinajstić information content (AvgIpc) is 2.70. The first kappa shape index (κ1) is 20.2. The van der Waals surface area contributed by atoms with Gasteiger partial charge in [0.15, 0.2) is 0 Å². The van der Waals surface area contributed by atoms with Crippen LogP contribution < -0.4 is 5.32 Å². The molecule has 144 valence electrons. The molecular formula is C25H27NOS. The highest BCUT2D eigenvalue weighted by atomic mass is 32.1. The third-order valence-electron chi connectivity index (χ3n) is 4.90. The van der Waals surface area contributed by atoms with Crippen molar-refractivity contribution in [3.8, 4) is 0 Å². The molecule has 3 rings (SSSR count). The molecule has 0 saturated carbocycles. The fraction of sp³-hybridized carbons (Fsp3) is 0.240. The van der Waals surface area contributed by atoms with E-state index in [1.54, 1.807) is 0 Å². The number of rotatable bonds is 9. The molecule has 3 heteroatoms. The van der Waals surface area contributed by atoms with Crippen molar-refractivity contribution in [3.05, 3.63) is 108 Å². The number of hydrogen-bond donors (Lipinski definition) is 2. The molecule has 28 heavy (non-hydrogen) atoms. The van der Waals surface area contributed by atoms with Crippen LogP contribution in [0.3, 0.4) is 0 Å². The molecule has 3 aromatic carbocycles. The molecule has 1 amide bonds. The predicted octanol–water partition coefficient (Wildman–Crippen LogP) is 4.89. The highest BCUT2D eigenvalue weighted by molar-refractivity contribution is 7.80. The van der Waals surface area contributed by atoms with Crippen molar-refractivity contribution in [2.24, 2.45) is 0 Å². The van der Waals surface area contributed by atoms with Gasteiger partial charge in [-0.15, -0.1) is 0 Å². The molecule has 0 fully saturated rings. The first-order valence-electron chi connectivity index (χ1n) is 9.73. The summed E-state index contributed by atoms with van der Waals surface area (Å²) in [5.41, 5.74) is 3.27. The van der Waals surface area contributed by atoms with E-state index in [-0.39, 0.29) is 5.91 Å². The maximum atomic E-state index is 12.7. The Labute approximate surface area is 173 Å². The number of benzene rings is 3. The molecule has 0 spiro atoms. The first-order valence-corrected chi connectivity index (χ1v) is 10.4. The highest BCUT2D eigenvalue weighted by Gasteiger charge is 2.32. The van der Waals surface area contributed by atoms with Crippen LogP contribution in [0.15, 0.2) is 91.0 Å². The predicted molar refractivity (Wildman–Crippen MR) is 120 cm³/mol. The average molecular weight is 390 g/mol. The zero-order chi connectivity index (χ0) is 19.7. The minimum Gasteiger partial charge on any atom is -0.350 e. The van der Waals surface area contributed by atoms with Gasteiger partial charge >= 0.3 is 0 Å². The highest BCUT2D eigenvalue weighted by Crippen LogP contribution is 2.25. The molecular weight excluding hydrogens is 362 g/mol. The summed E-state index contributed by atoms with van der Waals surface area (Å²) in [4.78, 5) is 12.7. The maximum absolute atomic E-state index is 12.7. The Bertz CT molecular complexity index is 748. The standard InChI is InChI=1S/C25H27NOS/c27-24(16-17-28)26-25(18-21-10-4-1-5-11-21,19-22-12-6-2-7-13-22)20-23-14-8-3-9-15-23/h1-15,28H,16-20H2,(H,26,27). The van der Waals surface area contributed by atoms with E-state index in [4.69, 9.17) is 0 Å². The molecule has 0 aromatic heterocycles. The topological polar surface area (TPSA) is 29.1 Å². The summed E-state index contributed by atoms with van der Waals surface area (Å²) < 4.78 is 0. The lowest BCUT2D eigenvalue weighted by Crippen LogP contribution is -2.53. The second kappa shape index (κ2) is 10.1. The summed E-state index contributed by atoms with van der Waals surface area (Å²) in [6.45, 7) is 0. The van der Waals surface area contributed by atoms with Gasteiger partial charge in [0.1, 0.15) is 0 Å². The molecule has 2 nitrogen and oxygen atoms in total. The van der Waals surface area contributed by atoms with Crippen molar-refractivity contribution in [3.63, 3.8) is 0 Å². The monoisotopic (exact) mass is 389 g/mol. The number of hydrogen-bond acceptors (Lipinski definition) is 2. The summed E-state index contributed by atoms with van der Waals surface area (Å²) >= 11 is 4.25. The van der Waals surface area contributed by atoms with E-state index in [1.165, 1.54) is 16.7 Å². The Hall–Kier alpha value is -2.52. The minimum atomic E-state index is -0.399. The van der Waals surface area contributed by atoms with Crippen molar-refractivity contribution in [1.82, 2.24) is 5.32 Å². The van der Waals surface area contributed by atoms with E-state index in [2.05, 4.69) is 90.7 Å². The number of thiol groups is 1. The van der Waals surface area contributed by atoms with Crippen LogP contribution in [0.4, 0.5) is 0 Å². The van der Waals surface area contributed by atoms with E-state index in [0.717, 1.165) is 19.3 Å². The van der Waals surface area contributed by atoms with Crippen molar-refractivity contribution in [1.29, 1.82) is 0 Å². The lowest BCUT2D eigenvalue weighted by molar-refractivity contribution is -0.122. The third-order valence-corrected chi connectivity index (χ3v) is 5.12. The van der Waals surface area contributed by atoms with Crippen molar-refractivity contribution >= 4 is 18.5 Å². The zero-order valence-electron chi connectivity index (χ0n) is 16.1. The van der Waals surface area contributed by atoms with E-state index < -0.39 is 5.54 Å². The van der Waals surface area contributed by atoms with Crippen LogP contribution in [0.1, 0.15) is 23.1 Å². The quantitative estimate of drug-likeness (QED) is 0.501. The summed E-state index contributed by atoms with van der Waals surface area (Å²) in [6, 6.07) is 31.2. The van der Waals surface area contributed by atoms with Crippen molar-refractivity contribution < 1.29 is 4.79 Å². The van der Waals surface area contributed by atoms with E-state index in [9.17, 15) is 4.79 Å². The molecule has 1 N–H and O–H groups in total. The largest absolute Gasteiger partial charge is 0.350 e. The van der Waals surface area contributed by atoms with E-state index in [0.29, 0.717) is 12.2 Å². The van der Waals surface area contributed by atoms with Gasteiger partial charge < -0.3 is 5.32 Å². The van der Waals surface area contributed by atoms with Crippen LogP contribution in [0.25, 0.3) is 0 Å². The number of carbonyl (C=O) groups is 1. The Kier molecular flexibility index (Phi) is 7.32. The molecule has 3 aromatic rings. The maximum Gasteiger partial charge on any atom is 0.221 e. The van der Waals surface area contributed by atoms with Crippen molar-refractivity contribution in [2.45, 2.75) is 31.2 Å². The van der Waals surface area contributed by atoms with Gasteiger partial charge in [-0.2, -0.15) is 12.6 Å². The van der Waals surface area contributed by atoms with Gasteiger partial charge in [-0.3, -0.25) is 4.79 Å². The van der Waals surface area contributed by atoms with Crippen molar-refractivity contribution in [2.75, 3.05) is 5.75 Å². The lowest BCUT2D eigenvalue weighted by atomic mass is 9.79. The van der Waals surface area contributed by atoms with Crippen LogP contribution in [0.2, 0.25) is 0 Å². The second-order valence-corrected chi connectivity index (χ2v) is 7.74. The molecule has 0 bridgehead atoms. The molecule has 0 aliphatic rings. The number of amides is 1. The fourth-order valence-electron chi connectivity index (χ4n) is 3.74. The molecule has 0 aliphatic carbocycles. The van der Waals surface area contributed by atoms with Gasteiger partial charge in [0.2, 0.25) is 5.91 Å². The molecule has 0 radical (unpaired) electrons. The summed E-state index contributed by atoms with van der Waals surface area (Å²) in [6.07, 6.45) is 2.74. The van der Waals surface area contributed by atoms with Gasteiger partial charge in [-0.05, 0) is 41.7 Å². The van der Waals surface area contributed by atoms with E-state index in [1.807, 2.05) is 18.2 Å². The Morgan fingerprint density at radius 2 is 1.04 bits per heavy atom. The lowest BCUT2D eigenvalue weighted by Gasteiger charge is -2.36. The van der Waals surface area contributed by atoms with Crippen LogP contribution in [0.5, 0.6) is 0 Å². The van der Waals surface area contributed by atoms with Gasteiger partial charge in [0.25, 0.3) is 0 Å². The van der Waals surface area contributed by atoms with E-state index >= 15 is 0 Å². The first-order chi connectivity index (χ1) is 13.7. The van der Waals surface area contributed by atoms with Crippen LogP contribution in [-0.2, 0) is 24.1 Å². The van der Waals surface area contributed by atoms with Crippen LogP contribution in [0, 0.1) is 0 Å². The Balaban J connectivity index is 1.98. The molecule has 0 unspecified atom stereocenters. The summed E-state index contributed by atoms with van der Waals surface area (Å²) in [5, 5.41) is 3.39. The van der Waals surface area contributed by atoms with Crippen LogP contribution in [-0.4, -0.2) is 17.2 Å². The smallest absolute Gasteiger partial charge is 0.221 e. The second-order valence-electron chi connectivity index (χ2n) is 7.29. The third kappa shape index (κ3) is 6.00. The Morgan fingerprint density at radius 3 is 1.36 bits per heavy atom. The number of nitrogens with one attached hydrogen (secondary N) is 1. The molecule has 0 saturated heterocycles. The van der Waals surface area contributed by atoms with Gasteiger partial charge in [0.05, 0.1) is 5.54 Å². The molecule has 0 heterocycles. The number of carbonyl (C=O) groups excluding carboxylic acids is 1. The SMILES string of the molecule is O=C(CCS)NC(Cc1ccccc1)(Cc1ccccc1)Cc1ccccc1. The molecule has 0 atom stereocenters. The van der Waals surface area contributed by atoms with Gasteiger partial charge in [0, 0.05) is 6.42 Å². The Morgan fingerprint density at radius 1 is 0.679 bits per heavy atom. The summed E-state index contributed by atoms with van der Waals surface area (Å²) in [5.74, 6) is 0.599. The van der Waals surface area contributed by atoms with Gasteiger partial charge in [-0.1, -0.05) is 91.0 Å². The molecule has 0 aliphatic heterocycles. The normalized spacial score (nSPS) is 11.2. The minimum absolute atomic E-state index is 0.0535. The van der Waals surface area contributed by atoms with Gasteiger partial charge in [-0.25, -0.2) is 0 Å².